The van der Waals surface area contributed by atoms with Crippen LogP contribution in [0.15, 0.2) is 66.7 Å². The van der Waals surface area contributed by atoms with E-state index in [4.69, 9.17) is 4.74 Å². The van der Waals surface area contributed by atoms with E-state index in [0.29, 0.717) is 38.2 Å². The summed E-state index contributed by atoms with van der Waals surface area (Å²) in [5, 5.41) is 2.85. The molecule has 3 aromatic carbocycles. The number of piperidine rings is 1. The van der Waals surface area contributed by atoms with Gasteiger partial charge in [0.2, 0.25) is 0 Å². The number of hydrogen-bond donors (Lipinski definition) is 2. The normalized spacial score (nSPS) is 15.4. The van der Waals surface area contributed by atoms with E-state index in [2.05, 4.69) is 15.3 Å². The molecule has 1 saturated heterocycles. The molecule has 0 aliphatic carbocycles. The summed E-state index contributed by atoms with van der Waals surface area (Å²) in [6.45, 7) is 2.85. The fourth-order valence-electron chi connectivity index (χ4n) is 5.26. The number of para-hydroxylation sites is 2. The summed E-state index contributed by atoms with van der Waals surface area (Å²) >= 11 is 0. The van der Waals surface area contributed by atoms with Crippen molar-refractivity contribution in [2.75, 3.05) is 25.0 Å². The van der Waals surface area contributed by atoms with Crippen LogP contribution >= 0.6 is 0 Å². The largest absolute Gasteiger partial charge is 0.450 e. The predicted octanol–water partition coefficient (Wildman–Crippen LogP) is 4.70. The van der Waals surface area contributed by atoms with Gasteiger partial charge in [0.05, 0.1) is 28.8 Å². The Labute approximate surface area is 229 Å². The number of H-pyrrole nitrogens is 1. The number of benzene rings is 3. The molecule has 0 radical (unpaired) electrons. The van der Waals surface area contributed by atoms with Crippen molar-refractivity contribution >= 4 is 40.5 Å². The van der Waals surface area contributed by atoms with Crippen LogP contribution in [0.3, 0.4) is 0 Å². The maximum Gasteiger partial charge on any atom is 0.409 e. The van der Waals surface area contributed by atoms with Crippen LogP contribution in [-0.4, -0.2) is 69.3 Å². The Morgan fingerprint density at radius 3 is 2.42 bits per heavy atom. The van der Waals surface area contributed by atoms with E-state index in [1.807, 2.05) is 36.4 Å². The van der Waals surface area contributed by atoms with E-state index in [1.54, 1.807) is 30.0 Å². The first-order chi connectivity index (χ1) is 19.4. The average Bonchev–Trinajstić information content (AvgIpc) is 3.52. The monoisotopic (exact) mass is 537 g/mol. The van der Waals surface area contributed by atoms with Gasteiger partial charge in [0, 0.05) is 35.9 Å². The fourth-order valence-corrected chi connectivity index (χ4v) is 5.26. The van der Waals surface area contributed by atoms with Crippen LogP contribution in [0.1, 0.15) is 50.8 Å². The van der Waals surface area contributed by atoms with E-state index >= 15 is 0 Å². The zero-order valence-electron chi connectivity index (χ0n) is 21.8. The minimum atomic E-state index is -0.417. The number of imidazole rings is 1. The Hall–Kier alpha value is -4.99. The molecule has 3 heterocycles. The van der Waals surface area contributed by atoms with Gasteiger partial charge < -0.3 is 19.9 Å². The van der Waals surface area contributed by atoms with Gasteiger partial charge in [-0.15, -0.1) is 0 Å². The number of amides is 4. The van der Waals surface area contributed by atoms with Crippen LogP contribution in [0.2, 0.25) is 0 Å². The van der Waals surface area contributed by atoms with Gasteiger partial charge in [-0.1, -0.05) is 12.1 Å². The minimum absolute atomic E-state index is 0.214. The molecule has 6 rings (SSSR count). The summed E-state index contributed by atoms with van der Waals surface area (Å²) in [7, 11) is 0. The highest BCUT2D eigenvalue weighted by atomic mass is 16.6. The van der Waals surface area contributed by atoms with Crippen LogP contribution in [0, 0.1) is 0 Å². The van der Waals surface area contributed by atoms with Crippen molar-refractivity contribution in [1.29, 1.82) is 0 Å². The molecule has 2 aliphatic heterocycles. The number of nitrogens with one attached hydrogen (secondary N) is 2. The maximum atomic E-state index is 13.3. The Morgan fingerprint density at radius 1 is 0.975 bits per heavy atom. The third-order valence-corrected chi connectivity index (χ3v) is 7.34. The maximum absolute atomic E-state index is 13.3. The molecular weight excluding hydrogens is 510 g/mol. The number of rotatable bonds is 5. The molecule has 2 aliphatic rings. The van der Waals surface area contributed by atoms with Crippen molar-refractivity contribution in [3.05, 3.63) is 83.4 Å². The van der Waals surface area contributed by atoms with Gasteiger partial charge in [0.15, 0.2) is 0 Å². The zero-order valence-corrected chi connectivity index (χ0v) is 21.8. The Kier molecular flexibility index (Phi) is 6.51. The number of imide groups is 1. The number of aromatic amines is 1. The lowest BCUT2D eigenvalue weighted by Gasteiger charge is -2.35. The molecule has 40 heavy (non-hydrogen) atoms. The number of fused-ring (bicyclic) bond motifs is 2. The van der Waals surface area contributed by atoms with Crippen LogP contribution in [-0.2, 0) is 4.74 Å². The van der Waals surface area contributed by atoms with Crippen LogP contribution in [0.4, 0.5) is 10.5 Å². The third-order valence-electron chi connectivity index (χ3n) is 7.34. The summed E-state index contributed by atoms with van der Waals surface area (Å²) in [6.07, 6.45) is 0.562. The molecule has 0 unspecified atom stereocenters. The number of carbonyl (C=O) groups excluding carboxylic acids is 4. The van der Waals surface area contributed by atoms with Crippen molar-refractivity contribution in [2.24, 2.45) is 0 Å². The molecule has 1 aromatic heterocycles. The molecule has 10 nitrogen and oxygen atoms in total. The van der Waals surface area contributed by atoms with E-state index in [1.165, 1.54) is 17.0 Å². The second-order valence-corrected chi connectivity index (χ2v) is 9.79. The van der Waals surface area contributed by atoms with Crippen LogP contribution in [0.25, 0.3) is 22.4 Å². The number of nitrogens with zero attached hydrogens (tertiary/aromatic N) is 3. The lowest BCUT2D eigenvalue weighted by atomic mass is 10.0. The van der Waals surface area contributed by atoms with Gasteiger partial charge in [0.1, 0.15) is 5.82 Å². The summed E-state index contributed by atoms with van der Waals surface area (Å²) in [4.78, 5) is 62.1. The second kappa shape index (κ2) is 10.3. The van der Waals surface area contributed by atoms with Gasteiger partial charge in [-0.05, 0) is 74.4 Å². The molecule has 0 bridgehead atoms. The topological polar surface area (TPSA) is 125 Å². The highest BCUT2D eigenvalue weighted by molar-refractivity contribution is 6.22. The highest BCUT2D eigenvalue weighted by Crippen LogP contribution is 2.30. The van der Waals surface area contributed by atoms with E-state index < -0.39 is 5.91 Å². The number of aromatic nitrogens is 2. The molecule has 0 spiro atoms. The molecule has 2 N–H and O–H groups in total. The molecule has 10 heteroatoms. The molecule has 202 valence electrons. The van der Waals surface area contributed by atoms with Crippen molar-refractivity contribution in [3.8, 4) is 11.4 Å². The Balaban J connectivity index is 1.13. The fraction of sp³-hybridized carbons (Fsp3) is 0.233. The van der Waals surface area contributed by atoms with Gasteiger partial charge in [-0.2, -0.15) is 0 Å². The Morgan fingerprint density at radius 2 is 1.70 bits per heavy atom. The van der Waals surface area contributed by atoms with Crippen LogP contribution < -0.4 is 5.32 Å². The van der Waals surface area contributed by atoms with Gasteiger partial charge >= 0.3 is 6.09 Å². The number of carbonyl (C=O) groups is 4. The van der Waals surface area contributed by atoms with E-state index in [0.717, 1.165) is 22.4 Å². The molecular formula is C30H27N5O5. The number of ether oxygens (including phenoxy) is 1. The summed E-state index contributed by atoms with van der Waals surface area (Å²) in [6, 6.07) is 19.3. The molecule has 4 aromatic rings. The van der Waals surface area contributed by atoms with Gasteiger partial charge in [-0.25, -0.2) is 9.78 Å². The Bertz CT molecular complexity index is 1600. The molecule has 0 saturated carbocycles. The minimum Gasteiger partial charge on any atom is -0.450 e. The molecule has 4 amide bonds. The summed E-state index contributed by atoms with van der Waals surface area (Å²) in [5.74, 6) is -0.445. The SMILES string of the molecule is CCOC(=O)N1CCC(N2C(=O)c3ccc(C(=O)Nc4ccc(-c5nc6ccccc6[nH]5)cc4)cc3C2=O)CC1. The van der Waals surface area contributed by atoms with Crippen molar-refractivity contribution in [1.82, 2.24) is 19.8 Å². The lowest BCUT2D eigenvalue weighted by molar-refractivity contribution is 0.0485. The van der Waals surface area contributed by atoms with Gasteiger partial charge in [0.25, 0.3) is 17.7 Å². The second-order valence-electron chi connectivity index (χ2n) is 9.79. The first-order valence-electron chi connectivity index (χ1n) is 13.2. The van der Waals surface area contributed by atoms with Crippen molar-refractivity contribution in [3.63, 3.8) is 0 Å². The van der Waals surface area contributed by atoms with E-state index in [9.17, 15) is 19.2 Å². The quantitative estimate of drug-likeness (QED) is 0.356. The summed E-state index contributed by atoms with van der Waals surface area (Å²) < 4.78 is 5.05. The predicted molar refractivity (Wildman–Crippen MR) is 148 cm³/mol. The highest BCUT2D eigenvalue weighted by Gasteiger charge is 2.41. The first kappa shape index (κ1) is 25.3. The lowest BCUT2D eigenvalue weighted by Crippen LogP contribution is -2.48. The number of anilines is 1. The zero-order chi connectivity index (χ0) is 27.8. The van der Waals surface area contributed by atoms with Gasteiger partial charge in [-0.3, -0.25) is 19.3 Å². The third kappa shape index (κ3) is 4.57. The smallest absolute Gasteiger partial charge is 0.409 e. The van der Waals surface area contributed by atoms with Crippen molar-refractivity contribution in [2.45, 2.75) is 25.8 Å². The van der Waals surface area contributed by atoms with E-state index in [-0.39, 0.29) is 40.6 Å². The summed E-state index contributed by atoms with van der Waals surface area (Å²) in [5.41, 5.74) is 4.06. The van der Waals surface area contributed by atoms with Crippen molar-refractivity contribution < 1.29 is 23.9 Å². The first-order valence-corrected chi connectivity index (χ1v) is 13.2. The molecule has 0 atom stereocenters. The average molecular weight is 538 g/mol. The van der Waals surface area contributed by atoms with Crippen LogP contribution in [0.5, 0.6) is 0 Å². The molecule has 1 fully saturated rings. The standard InChI is InChI=1S/C30H27N5O5/c1-2-40-30(39)34-15-13-21(14-16-34)35-28(37)22-12-9-19(17-23(22)29(35)38)27(36)31-20-10-7-18(8-11-20)26-32-24-5-3-4-6-25(24)33-26/h3-12,17,21H,2,13-16H2,1H3,(H,31,36)(H,32,33). The number of hydrogen-bond acceptors (Lipinski definition) is 6. The number of likely N-dealkylation sites (tertiary alicyclic amines) is 1.